The van der Waals surface area contributed by atoms with Gasteiger partial charge < -0.3 is 24.4 Å². The molecule has 0 aliphatic carbocycles. The third kappa shape index (κ3) is 5.68. The maximum absolute atomic E-state index is 13.0. The van der Waals surface area contributed by atoms with Crippen LogP contribution in [0.25, 0.3) is 22.6 Å². The topological polar surface area (TPSA) is 80.0 Å². The number of para-hydroxylation sites is 2. The summed E-state index contributed by atoms with van der Waals surface area (Å²) in [6.45, 7) is 11.1. The standard InChI is InChI=1S/C24H28N4O3.C2H4/c1-3-17(11-12-25-2)26-23(29)19-8-6-10-21-22(19)27-24(31-21)18-7-4-5-9-20(18)28-13-15-30-16-14-28;1-2/h4-10,12,17H,3,11,13-16H2,1-2H3,(H,26,29);1-2H2. The van der Waals surface area contributed by atoms with Gasteiger partial charge in [-0.1, -0.05) is 25.1 Å². The van der Waals surface area contributed by atoms with Gasteiger partial charge in [0, 0.05) is 44.5 Å². The highest BCUT2D eigenvalue weighted by Crippen LogP contribution is 2.33. The Kier molecular flexibility index (Phi) is 8.78. The van der Waals surface area contributed by atoms with Crippen molar-refractivity contribution in [2.75, 3.05) is 38.3 Å². The van der Waals surface area contributed by atoms with Gasteiger partial charge in [-0.25, -0.2) is 4.98 Å². The van der Waals surface area contributed by atoms with E-state index in [-0.39, 0.29) is 11.9 Å². The van der Waals surface area contributed by atoms with Crippen molar-refractivity contribution in [3.8, 4) is 11.5 Å². The van der Waals surface area contributed by atoms with Gasteiger partial charge in [-0.2, -0.15) is 0 Å². The average molecular weight is 449 g/mol. The van der Waals surface area contributed by atoms with Gasteiger partial charge in [0.1, 0.15) is 5.52 Å². The number of ether oxygens (including phenoxy) is 1. The fourth-order valence-corrected chi connectivity index (χ4v) is 3.80. The highest BCUT2D eigenvalue weighted by Gasteiger charge is 2.21. The van der Waals surface area contributed by atoms with Crippen LogP contribution in [0.4, 0.5) is 5.69 Å². The van der Waals surface area contributed by atoms with Crippen LogP contribution in [0.15, 0.2) is 65.0 Å². The quantitative estimate of drug-likeness (QED) is 0.417. The Hall–Kier alpha value is -3.45. The van der Waals surface area contributed by atoms with Gasteiger partial charge in [-0.15, -0.1) is 13.2 Å². The van der Waals surface area contributed by atoms with Gasteiger partial charge in [0.15, 0.2) is 5.58 Å². The van der Waals surface area contributed by atoms with E-state index < -0.39 is 0 Å². The lowest BCUT2D eigenvalue weighted by Gasteiger charge is -2.30. The molecule has 1 amide bonds. The highest BCUT2D eigenvalue weighted by atomic mass is 16.5. The van der Waals surface area contributed by atoms with E-state index in [9.17, 15) is 4.79 Å². The number of nitrogens with one attached hydrogen (secondary N) is 1. The van der Waals surface area contributed by atoms with Crippen LogP contribution in [0.1, 0.15) is 30.1 Å². The largest absolute Gasteiger partial charge is 0.436 e. The summed E-state index contributed by atoms with van der Waals surface area (Å²) >= 11 is 0. The predicted molar refractivity (Wildman–Crippen MR) is 134 cm³/mol. The Balaban J connectivity index is 0.00000149. The van der Waals surface area contributed by atoms with Crippen LogP contribution >= 0.6 is 0 Å². The van der Waals surface area contributed by atoms with E-state index in [0.717, 1.165) is 30.8 Å². The molecule has 0 saturated carbocycles. The normalized spacial score (nSPS) is 14.7. The molecule has 1 aliphatic rings. The third-order valence-corrected chi connectivity index (χ3v) is 5.55. The van der Waals surface area contributed by atoms with Crippen LogP contribution in [0.3, 0.4) is 0 Å². The number of benzene rings is 2. The number of hydrogen-bond donors (Lipinski definition) is 1. The summed E-state index contributed by atoms with van der Waals surface area (Å²) in [7, 11) is 1.74. The molecule has 33 heavy (non-hydrogen) atoms. The van der Waals surface area contributed by atoms with E-state index in [1.807, 2.05) is 43.5 Å². The third-order valence-electron chi connectivity index (χ3n) is 5.55. The first-order valence-electron chi connectivity index (χ1n) is 11.2. The van der Waals surface area contributed by atoms with Crippen molar-refractivity contribution >= 4 is 28.9 Å². The molecular formula is C26H32N4O3. The molecule has 4 rings (SSSR count). The Labute approximate surface area is 195 Å². The number of amides is 1. The van der Waals surface area contributed by atoms with E-state index in [1.54, 1.807) is 13.1 Å². The first-order valence-corrected chi connectivity index (χ1v) is 11.2. The summed E-state index contributed by atoms with van der Waals surface area (Å²) in [4.78, 5) is 24.0. The maximum Gasteiger partial charge on any atom is 0.253 e. The molecule has 1 saturated heterocycles. The van der Waals surface area contributed by atoms with Crippen LogP contribution in [0.2, 0.25) is 0 Å². The Morgan fingerprint density at radius 1 is 1.21 bits per heavy atom. The molecule has 7 heteroatoms. The van der Waals surface area contributed by atoms with Gasteiger partial charge in [0.25, 0.3) is 5.91 Å². The zero-order valence-electron chi connectivity index (χ0n) is 19.4. The van der Waals surface area contributed by atoms with E-state index in [1.165, 1.54) is 0 Å². The van der Waals surface area contributed by atoms with E-state index >= 15 is 0 Å². The molecule has 3 aromatic rings. The van der Waals surface area contributed by atoms with Crippen molar-refractivity contribution in [2.24, 2.45) is 4.99 Å². The number of fused-ring (bicyclic) bond motifs is 1. The minimum absolute atomic E-state index is 0.0277. The number of nitrogens with zero attached hydrogens (tertiary/aromatic N) is 3. The molecule has 1 unspecified atom stereocenters. The molecule has 0 spiro atoms. The predicted octanol–water partition coefficient (Wildman–Crippen LogP) is 4.73. The molecule has 174 valence electrons. The van der Waals surface area contributed by atoms with Crippen molar-refractivity contribution in [1.82, 2.24) is 10.3 Å². The first kappa shape index (κ1) is 24.2. The summed E-state index contributed by atoms with van der Waals surface area (Å²) in [6, 6.07) is 13.6. The van der Waals surface area contributed by atoms with Gasteiger partial charge in [-0.3, -0.25) is 4.79 Å². The number of rotatable bonds is 7. The molecule has 2 heterocycles. The number of morpholine rings is 1. The molecule has 1 aliphatic heterocycles. The van der Waals surface area contributed by atoms with Crippen molar-refractivity contribution < 1.29 is 13.9 Å². The number of aromatic nitrogens is 1. The molecule has 7 nitrogen and oxygen atoms in total. The molecule has 0 radical (unpaired) electrons. The maximum atomic E-state index is 13.0. The fourth-order valence-electron chi connectivity index (χ4n) is 3.80. The fraction of sp³-hybridized carbons (Fsp3) is 0.346. The molecular weight excluding hydrogens is 416 g/mol. The van der Waals surface area contributed by atoms with Crippen LogP contribution in [0, 0.1) is 0 Å². The number of carbonyl (C=O) groups is 1. The Bertz CT molecular complexity index is 1090. The molecule has 1 N–H and O–H groups in total. The minimum Gasteiger partial charge on any atom is -0.436 e. The molecule has 1 aromatic heterocycles. The molecule has 0 bridgehead atoms. The number of aliphatic imine (C=N–C) groups is 1. The Morgan fingerprint density at radius 2 is 1.97 bits per heavy atom. The van der Waals surface area contributed by atoms with E-state index in [4.69, 9.17) is 14.1 Å². The number of carbonyl (C=O) groups excluding carboxylic acids is 1. The average Bonchev–Trinajstić information content (AvgIpc) is 3.32. The lowest BCUT2D eigenvalue weighted by molar-refractivity contribution is 0.0939. The smallest absolute Gasteiger partial charge is 0.253 e. The summed E-state index contributed by atoms with van der Waals surface area (Å²) in [5.74, 6) is 0.366. The second-order valence-electron chi connectivity index (χ2n) is 7.54. The lowest BCUT2D eigenvalue weighted by Crippen LogP contribution is -2.36. The summed E-state index contributed by atoms with van der Waals surface area (Å²) in [5, 5.41) is 3.09. The second-order valence-corrected chi connectivity index (χ2v) is 7.54. The van der Waals surface area contributed by atoms with Crippen molar-refractivity contribution in [2.45, 2.75) is 25.8 Å². The zero-order valence-corrected chi connectivity index (χ0v) is 19.4. The van der Waals surface area contributed by atoms with Gasteiger partial charge in [0.05, 0.1) is 24.3 Å². The van der Waals surface area contributed by atoms with E-state index in [0.29, 0.717) is 42.2 Å². The number of oxazole rings is 1. The molecule has 1 atom stereocenters. The lowest BCUT2D eigenvalue weighted by atomic mass is 10.1. The Morgan fingerprint density at radius 3 is 2.70 bits per heavy atom. The second kappa shape index (κ2) is 12.0. The van der Waals surface area contributed by atoms with Crippen molar-refractivity contribution in [3.63, 3.8) is 0 Å². The zero-order chi connectivity index (χ0) is 23.6. The SMILES string of the molecule is C=C.CCC(CC=NC)NC(=O)c1cccc2oc(-c3ccccc3N3CCOCC3)nc12. The van der Waals surface area contributed by atoms with Crippen LogP contribution in [0.5, 0.6) is 0 Å². The van der Waals surface area contributed by atoms with Gasteiger partial charge in [0.2, 0.25) is 5.89 Å². The van der Waals surface area contributed by atoms with Crippen LogP contribution < -0.4 is 10.2 Å². The van der Waals surface area contributed by atoms with Gasteiger partial charge in [-0.05, 0) is 30.7 Å². The monoisotopic (exact) mass is 448 g/mol. The van der Waals surface area contributed by atoms with E-state index in [2.05, 4.69) is 34.4 Å². The minimum atomic E-state index is -0.150. The van der Waals surface area contributed by atoms with Crippen LogP contribution in [-0.2, 0) is 4.74 Å². The summed E-state index contributed by atoms with van der Waals surface area (Å²) < 4.78 is 11.6. The number of hydrogen-bond acceptors (Lipinski definition) is 6. The van der Waals surface area contributed by atoms with Gasteiger partial charge >= 0.3 is 0 Å². The molecule has 1 fully saturated rings. The first-order chi connectivity index (χ1) is 16.2. The van der Waals surface area contributed by atoms with Crippen LogP contribution in [-0.4, -0.2) is 56.5 Å². The number of anilines is 1. The van der Waals surface area contributed by atoms with Crippen molar-refractivity contribution in [1.29, 1.82) is 0 Å². The molecule has 2 aromatic carbocycles. The summed E-state index contributed by atoms with van der Waals surface area (Å²) in [5.41, 5.74) is 3.67. The summed E-state index contributed by atoms with van der Waals surface area (Å²) in [6.07, 6.45) is 3.35. The highest BCUT2D eigenvalue weighted by molar-refractivity contribution is 6.05. The van der Waals surface area contributed by atoms with Crippen molar-refractivity contribution in [3.05, 3.63) is 61.2 Å².